The van der Waals surface area contributed by atoms with Gasteiger partial charge in [0.15, 0.2) is 0 Å². The standard InChI is InChI=1S/C27H25NO4/c1-17-10-12-22(25(30)14-17)28(23-13-11-18(2)15-26(23)31)20-6-4-7-21(16-20)32-27-9-5-8-24(29)19(27)3/h4-16,29-31H,1-3H3. The number of aromatic hydroxyl groups is 3. The Labute approximate surface area is 187 Å². The van der Waals surface area contributed by atoms with Crippen molar-refractivity contribution in [2.45, 2.75) is 20.8 Å². The summed E-state index contributed by atoms with van der Waals surface area (Å²) < 4.78 is 6.04. The molecule has 0 aliphatic rings. The monoisotopic (exact) mass is 427 g/mol. The summed E-state index contributed by atoms with van der Waals surface area (Å²) in [6.45, 7) is 5.60. The molecule has 4 rings (SSSR count). The Balaban J connectivity index is 1.83. The molecule has 0 aliphatic carbocycles. The minimum absolute atomic E-state index is 0.0973. The van der Waals surface area contributed by atoms with Crippen LogP contribution in [0, 0.1) is 20.8 Å². The molecule has 0 radical (unpaired) electrons. The van der Waals surface area contributed by atoms with Crippen LogP contribution in [0.2, 0.25) is 0 Å². The van der Waals surface area contributed by atoms with Gasteiger partial charge in [0.1, 0.15) is 28.7 Å². The number of rotatable bonds is 5. The highest BCUT2D eigenvalue weighted by molar-refractivity contribution is 5.83. The number of phenolic OH excluding ortho intramolecular Hbond substituents is 3. The largest absolute Gasteiger partial charge is 0.508 e. The second-order valence-electron chi connectivity index (χ2n) is 7.82. The second-order valence-corrected chi connectivity index (χ2v) is 7.82. The predicted octanol–water partition coefficient (Wildman–Crippen LogP) is 6.99. The van der Waals surface area contributed by atoms with Gasteiger partial charge in [-0.1, -0.05) is 24.3 Å². The van der Waals surface area contributed by atoms with Crippen LogP contribution in [-0.2, 0) is 0 Å². The zero-order valence-corrected chi connectivity index (χ0v) is 18.2. The van der Waals surface area contributed by atoms with Crippen molar-refractivity contribution in [2.75, 3.05) is 4.90 Å². The molecule has 4 aromatic carbocycles. The van der Waals surface area contributed by atoms with Gasteiger partial charge in [0.05, 0.1) is 17.1 Å². The molecule has 0 saturated carbocycles. The maximum Gasteiger partial charge on any atom is 0.139 e. The lowest BCUT2D eigenvalue weighted by molar-refractivity contribution is 0.448. The molecule has 0 aromatic heterocycles. The van der Waals surface area contributed by atoms with E-state index in [1.807, 2.05) is 62.4 Å². The van der Waals surface area contributed by atoms with Gasteiger partial charge in [0.25, 0.3) is 0 Å². The van der Waals surface area contributed by atoms with Gasteiger partial charge in [0, 0.05) is 11.6 Å². The molecule has 0 bridgehead atoms. The van der Waals surface area contributed by atoms with E-state index in [1.165, 1.54) is 0 Å². The lowest BCUT2D eigenvalue weighted by Gasteiger charge is -2.27. The fourth-order valence-corrected chi connectivity index (χ4v) is 3.58. The van der Waals surface area contributed by atoms with E-state index >= 15 is 0 Å². The SMILES string of the molecule is Cc1ccc(N(c2cccc(Oc3cccc(O)c3C)c2)c2ccc(C)cc2O)c(O)c1. The summed E-state index contributed by atoms with van der Waals surface area (Å²) in [5.74, 6) is 1.46. The maximum atomic E-state index is 10.7. The normalized spacial score (nSPS) is 10.7. The highest BCUT2D eigenvalue weighted by Gasteiger charge is 2.20. The quantitative estimate of drug-likeness (QED) is 0.320. The Morgan fingerprint density at radius 3 is 1.81 bits per heavy atom. The van der Waals surface area contributed by atoms with Crippen molar-refractivity contribution in [2.24, 2.45) is 0 Å². The highest BCUT2D eigenvalue weighted by Crippen LogP contribution is 2.44. The molecular formula is C27H25NO4. The minimum atomic E-state index is 0.0973. The first-order valence-electron chi connectivity index (χ1n) is 10.3. The lowest BCUT2D eigenvalue weighted by Crippen LogP contribution is -2.10. The van der Waals surface area contributed by atoms with Crippen LogP contribution in [0.1, 0.15) is 16.7 Å². The van der Waals surface area contributed by atoms with Crippen molar-refractivity contribution in [1.82, 2.24) is 0 Å². The van der Waals surface area contributed by atoms with Crippen LogP contribution in [0.4, 0.5) is 17.1 Å². The topological polar surface area (TPSA) is 73.2 Å². The van der Waals surface area contributed by atoms with Gasteiger partial charge in [-0.15, -0.1) is 0 Å². The van der Waals surface area contributed by atoms with Gasteiger partial charge in [-0.25, -0.2) is 0 Å². The van der Waals surface area contributed by atoms with Crippen LogP contribution in [0.3, 0.4) is 0 Å². The number of anilines is 3. The van der Waals surface area contributed by atoms with E-state index in [9.17, 15) is 15.3 Å². The van der Waals surface area contributed by atoms with Gasteiger partial charge in [-0.3, -0.25) is 0 Å². The van der Waals surface area contributed by atoms with Crippen molar-refractivity contribution in [3.05, 3.63) is 95.6 Å². The smallest absolute Gasteiger partial charge is 0.139 e. The number of hydrogen-bond acceptors (Lipinski definition) is 5. The Hall–Kier alpha value is -4.12. The number of phenols is 3. The number of benzene rings is 4. The maximum absolute atomic E-state index is 10.7. The molecule has 0 heterocycles. The molecule has 0 aliphatic heterocycles. The van der Waals surface area contributed by atoms with Crippen LogP contribution >= 0.6 is 0 Å². The van der Waals surface area contributed by atoms with E-state index < -0.39 is 0 Å². The third-order valence-corrected chi connectivity index (χ3v) is 5.30. The molecule has 0 saturated heterocycles. The van der Waals surface area contributed by atoms with Crippen molar-refractivity contribution in [3.63, 3.8) is 0 Å². The highest BCUT2D eigenvalue weighted by atomic mass is 16.5. The Morgan fingerprint density at radius 1 is 0.625 bits per heavy atom. The van der Waals surface area contributed by atoms with Crippen molar-refractivity contribution >= 4 is 17.1 Å². The minimum Gasteiger partial charge on any atom is -0.508 e. The zero-order chi connectivity index (χ0) is 22.8. The van der Waals surface area contributed by atoms with Gasteiger partial charge >= 0.3 is 0 Å². The lowest BCUT2D eigenvalue weighted by atomic mass is 10.1. The first-order valence-corrected chi connectivity index (χ1v) is 10.3. The molecule has 4 aromatic rings. The summed E-state index contributed by atoms with van der Waals surface area (Å²) in [7, 11) is 0. The molecule has 5 nitrogen and oxygen atoms in total. The number of aryl methyl sites for hydroxylation is 2. The fraction of sp³-hybridized carbons (Fsp3) is 0.111. The zero-order valence-electron chi connectivity index (χ0n) is 18.2. The number of ether oxygens (including phenoxy) is 1. The van der Waals surface area contributed by atoms with Crippen molar-refractivity contribution < 1.29 is 20.1 Å². The van der Waals surface area contributed by atoms with Crippen LogP contribution in [0.15, 0.2) is 78.9 Å². The summed E-state index contributed by atoms with van der Waals surface area (Å²) in [5, 5.41) is 31.4. The van der Waals surface area contributed by atoms with Crippen molar-refractivity contribution in [1.29, 1.82) is 0 Å². The number of hydrogen-bond donors (Lipinski definition) is 3. The molecule has 32 heavy (non-hydrogen) atoms. The van der Waals surface area contributed by atoms with E-state index in [0.717, 1.165) is 11.1 Å². The first kappa shape index (κ1) is 21.1. The van der Waals surface area contributed by atoms with Crippen LogP contribution in [0.5, 0.6) is 28.7 Å². The molecule has 5 heteroatoms. The molecule has 0 atom stereocenters. The molecule has 3 N–H and O–H groups in total. The Kier molecular flexibility index (Phi) is 5.65. The fourth-order valence-electron chi connectivity index (χ4n) is 3.58. The summed E-state index contributed by atoms with van der Waals surface area (Å²) in [6, 6.07) is 23.3. The molecule has 0 amide bonds. The van der Waals surface area contributed by atoms with Gasteiger partial charge in [-0.05, 0) is 80.4 Å². The summed E-state index contributed by atoms with van der Waals surface area (Å²) >= 11 is 0. The Bertz CT molecular complexity index is 1230. The van der Waals surface area contributed by atoms with Crippen LogP contribution < -0.4 is 9.64 Å². The van der Waals surface area contributed by atoms with E-state index in [1.54, 1.807) is 42.2 Å². The first-order chi connectivity index (χ1) is 15.3. The molecular weight excluding hydrogens is 402 g/mol. The third kappa shape index (κ3) is 4.18. The summed E-state index contributed by atoms with van der Waals surface area (Å²) in [5.41, 5.74) is 4.24. The summed E-state index contributed by atoms with van der Waals surface area (Å²) in [6.07, 6.45) is 0. The van der Waals surface area contributed by atoms with E-state index in [2.05, 4.69) is 0 Å². The molecule has 0 unspecified atom stereocenters. The third-order valence-electron chi connectivity index (χ3n) is 5.30. The Morgan fingerprint density at radius 2 is 1.22 bits per heavy atom. The molecule has 0 spiro atoms. The molecule has 0 fully saturated rings. The number of nitrogens with zero attached hydrogens (tertiary/aromatic N) is 1. The van der Waals surface area contributed by atoms with Crippen LogP contribution in [-0.4, -0.2) is 15.3 Å². The average molecular weight is 428 g/mol. The predicted molar refractivity (Wildman–Crippen MR) is 127 cm³/mol. The van der Waals surface area contributed by atoms with Gasteiger partial charge in [-0.2, -0.15) is 0 Å². The van der Waals surface area contributed by atoms with Gasteiger partial charge in [0.2, 0.25) is 0 Å². The van der Waals surface area contributed by atoms with Gasteiger partial charge < -0.3 is 25.0 Å². The average Bonchev–Trinajstić information content (AvgIpc) is 2.75. The second kappa shape index (κ2) is 8.55. The van der Waals surface area contributed by atoms with E-state index in [-0.39, 0.29) is 17.2 Å². The summed E-state index contributed by atoms with van der Waals surface area (Å²) in [4.78, 5) is 1.78. The van der Waals surface area contributed by atoms with Crippen molar-refractivity contribution in [3.8, 4) is 28.7 Å². The van der Waals surface area contributed by atoms with E-state index in [0.29, 0.717) is 34.1 Å². The molecule has 162 valence electrons. The van der Waals surface area contributed by atoms with Crippen LogP contribution in [0.25, 0.3) is 0 Å². The van der Waals surface area contributed by atoms with E-state index in [4.69, 9.17) is 4.74 Å².